The zero-order chi connectivity index (χ0) is 18.9. The minimum Gasteiger partial charge on any atom is -0.367 e. The van der Waals surface area contributed by atoms with E-state index in [-0.39, 0.29) is 5.82 Å². The summed E-state index contributed by atoms with van der Waals surface area (Å²) in [5, 5.41) is 0.567. The van der Waals surface area contributed by atoms with Gasteiger partial charge < -0.3 is 9.80 Å². The number of anilines is 1. The van der Waals surface area contributed by atoms with Crippen molar-refractivity contribution in [2.24, 2.45) is 5.41 Å². The Bertz CT molecular complexity index is 684. The Kier molecular flexibility index (Phi) is 5.60. The molecule has 0 unspecified atom stereocenters. The average molecular weight is 394 g/mol. The molecule has 1 aromatic rings. The molecule has 4 nitrogen and oxygen atoms in total. The molecule has 3 aliphatic rings. The van der Waals surface area contributed by atoms with Gasteiger partial charge in [-0.2, -0.15) is 0 Å². The highest BCUT2D eigenvalue weighted by atomic mass is 35.5. The van der Waals surface area contributed by atoms with Gasteiger partial charge in [0, 0.05) is 57.3 Å². The third-order valence-corrected chi connectivity index (χ3v) is 7.00. The fraction of sp³-hybridized carbons (Fsp3) is 0.667. The number of benzene rings is 1. The first-order chi connectivity index (χ1) is 13.0. The largest absolute Gasteiger partial charge is 0.367 e. The zero-order valence-electron chi connectivity index (χ0n) is 15.9. The maximum Gasteiger partial charge on any atom is 0.223 e. The van der Waals surface area contributed by atoms with Gasteiger partial charge in [-0.3, -0.25) is 9.69 Å². The van der Waals surface area contributed by atoms with E-state index in [4.69, 9.17) is 11.6 Å². The second kappa shape index (κ2) is 7.96. The third-order valence-electron chi connectivity index (χ3n) is 6.76. The molecular weight excluding hydrogens is 365 g/mol. The van der Waals surface area contributed by atoms with Crippen LogP contribution in [0.5, 0.6) is 0 Å². The molecule has 4 rings (SSSR count). The quantitative estimate of drug-likeness (QED) is 0.778. The number of nitrogens with zero attached hydrogens (tertiary/aromatic N) is 3. The highest BCUT2D eigenvalue weighted by Gasteiger charge is 2.40. The van der Waals surface area contributed by atoms with E-state index < -0.39 is 0 Å². The van der Waals surface area contributed by atoms with Crippen molar-refractivity contribution in [2.45, 2.75) is 38.5 Å². The maximum absolute atomic E-state index is 14.1. The summed E-state index contributed by atoms with van der Waals surface area (Å²) in [5.41, 5.74) is 0.926. The summed E-state index contributed by atoms with van der Waals surface area (Å²) < 4.78 is 14.1. The lowest BCUT2D eigenvalue weighted by Gasteiger charge is -2.41. The Morgan fingerprint density at radius 3 is 2.44 bits per heavy atom. The number of piperazine rings is 1. The van der Waals surface area contributed by atoms with Gasteiger partial charge in [0.1, 0.15) is 5.82 Å². The highest BCUT2D eigenvalue weighted by molar-refractivity contribution is 6.30. The van der Waals surface area contributed by atoms with E-state index in [9.17, 15) is 9.18 Å². The number of carbonyl (C=O) groups is 1. The van der Waals surface area contributed by atoms with Crippen LogP contribution in [0, 0.1) is 11.2 Å². The first-order valence-electron chi connectivity index (χ1n) is 10.2. The first kappa shape index (κ1) is 19.0. The average Bonchev–Trinajstić information content (AvgIpc) is 3.11. The summed E-state index contributed by atoms with van der Waals surface area (Å²) >= 11 is 6.02. The molecule has 0 atom stereocenters. The first-order valence-corrected chi connectivity index (χ1v) is 10.6. The van der Waals surface area contributed by atoms with Crippen molar-refractivity contribution < 1.29 is 9.18 Å². The molecular formula is C21H29ClFN3O. The van der Waals surface area contributed by atoms with Crippen LogP contribution in [0.4, 0.5) is 10.1 Å². The van der Waals surface area contributed by atoms with E-state index in [0.29, 0.717) is 22.0 Å². The molecule has 3 fully saturated rings. The number of piperidine rings is 1. The standard InChI is InChI=1S/C21H29ClFN3O/c22-17-3-4-18(23)19(15-17)25-12-9-24(10-13-25)11-14-26-8-7-21(16-20(26)27)5-1-2-6-21/h3-4,15H,1-2,5-14,16H2. The molecule has 1 amide bonds. The molecule has 27 heavy (non-hydrogen) atoms. The van der Waals surface area contributed by atoms with E-state index >= 15 is 0 Å². The van der Waals surface area contributed by atoms with Crippen molar-refractivity contribution in [1.29, 1.82) is 0 Å². The predicted octanol–water partition coefficient (Wildman–Crippen LogP) is 3.78. The summed E-state index contributed by atoms with van der Waals surface area (Å²) in [6, 6.07) is 4.73. The summed E-state index contributed by atoms with van der Waals surface area (Å²) in [5.74, 6) is 0.135. The van der Waals surface area contributed by atoms with Crippen LogP contribution in [-0.2, 0) is 4.79 Å². The van der Waals surface area contributed by atoms with Crippen LogP contribution in [0.3, 0.4) is 0 Å². The number of amides is 1. The van der Waals surface area contributed by atoms with Crippen LogP contribution >= 0.6 is 11.6 Å². The number of carbonyl (C=O) groups excluding carboxylic acids is 1. The third kappa shape index (κ3) is 4.24. The molecule has 1 aromatic carbocycles. The lowest BCUT2D eigenvalue weighted by Crippen LogP contribution is -2.50. The van der Waals surface area contributed by atoms with E-state index in [1.54, 1.807) is 12.1 Å². The molecule has 6 heteroatoms. The molecule has 0 aromatic heterocycles. The van der Waals surface area contributed by atoms with Gasteiger partial charge in [-0.25, -0.2) is 4.39 Å². The Morgan fingerprint density at radius 2 is 1.74 bits per heavy atom. The topological polar surface area (TPSA) is 26.8 Å². The monoisotopic (exact) mass is 393 g/mol. The fourth-order valence-corrected chi connectivity index (χ4v) is 5.18. The fourth-order valence-electron chi connectivity index (χ4n) is 5.01. The molecule has 2 heterocycles. The van der Waals surface area contributed by atoms with Crippen molar-refractivity contribution in [3.05, 3.63) is 29.0 Å². The van der Waals surface area contributed by atoms with Crippen molar-refractivity contribution >= 4 is 23.2 Å². The molecule has 1 saturated carbocycles. The molecule has 2 aliphatic heterocycles. The second-order valence-electron chi connectivity index (χ2n) is 8.44. The predicted molar refractivity (Wildman–Crippen MR) is 107 cm³/mol. The lowest BCUT2D eigenvalue weighted by molar-refractivity contribution is -0.138. The molecule has 1 spiro atoms. The van der Waals surface area contributed by atoms with Crippen LogP contribution in [0.1, 0.15) is 38.5 Å². The van der Waals surface area contributed by atoms with E-state index in [1.807, 2.05) is 0 Å². The maximum atomic E-state index is 14.1. The van der Waals surface area contributed by atoms with E-state index in [0.717, 1.165) is 52.2 Å². The van der Waals surface area contributed by atoms with Crippen LogP contribution < -0.4 is 4.90 Å². The van der Waals surface area contributed by atoms with Gasteiger partial charge in [-0.1, -0.05) is 24.4 Å². The SMILES string of the molecule is O=C1CC2(CCCC2)CCN1CCN1CCN(c2cc(Cl)ccc2F)CC1. The van der Waals surface area contributed by atoms with Crippen molar-refractivity contribution in [2.75, 3.05) is 50.7 Å². The van der Waals surface area contributed by atoms with Crippen LogP contribution in [-0.4, -0.2) is 61.5 Å². The van der Waals surface area contributed by atoms with Gasteiger partial charge in [-0.15, -0.1) is 0 Å². The minimum absolute atomic E-state index is 0.215. The van der Waals surface area contributed by atoms with Crippen molar-refractivity contribution in [3.63, 3.8) is 0 Å². The minimum atomic E-state index is -0.215. The molecule has 0 bridgehead atoms. The Morgan fingerprint density at radius 1 is 1.00 bits per heavy atom. The Labute approximate surface area is 166 Å². The van der Waals surface area contributed by atoms with Gasteiger partial charge in [0.15, 0.2) is 0 Å². The molecule has 148 valence electrons. The van der Waals surface area contributed by atoms with Gasteiger partial charge >= 0.3 is 0 Å². The van der Waals surface area contributed by atoms with Crippen LogP contribution in [0.25, 0.3) is 0 Å². The van der Waals surface area contributed by atoms with E-state index in [2.05, 4.69) is 14.7 Å². The summed E-state index contributed by atoms with van der Waals surface area (Å²) in [4.78, 5) is 19.1. The second-order valence-corrected chi connectivity index (χ2v) is 8.88. The van der Waals surface area contributed by atoms with Gasteiger partial charge in [0.25, 0.3) is 0 Å². The number of halogens is 2. The number of hydrogen-bond donors (Lipinski definition) is 0. The van der Waals surface area contributed by atoms with Crippen molar-refractivity contribution in [3.8, 4) is 0 Å². The molecule has 2 saturated heterocycles. The van der Waals surface area contributed by atoms with Gasteiger partial charge in [-0.05, 0) is 42.9 Å². The van der Waals surface area contributed by atoms with Crippen molar-refractivity contribution in [1.82, 2.24) is 9.80 Å². The normalized spacial score (nSPS) is 23.4. The zero-order valence-corrected chi connectivity index (χ0v) is 16.7. The lowest BCUT2D eigenvalue weighted by atomic mass is 9.77. The van der Waals surface area contributed by atoms with Crippen LogP contribution in [0.15, 0.2) is 18.2 Å². The number of hydrogen-bond acceptors (Lipinski definition) is 3. The van der Waals surface area contributed by atoms with Gasteiger partial charge in [0.2, 0.25) is 5.91 Å². The summed E-state index contributed by atoms with van der Waals surface area (Å²) in [6.45, 7) is 6.00. The van der Waals surface area contributed by atoms with Crippen LogP contribution in [0.2, 0.25) is 5.02 Å². The smallest absolute Gasteiger partial charge is 0.223 e. The molecule has 1 aliphatic carbocycles. The number of rotatable bonds is 4. The van der Waals surface area contributed by atoms with Gasteiger partial charge in [0.05, 0.1) is 5.69 Å². The Balaban J connectivity index is 1.24. The Hall–Kier alpha value is -1.33. The number of likely N-dealkylation sites (tertiary alicyclic amines) is 1. The highest BCUT2D eigenvalue weighted by Crippen LogP contribution is 2.46. The molecule has 0 N–H and O–H groups in total. The molecule has 0 radical (unpaired) electrons. The summed E-state index contributed by atoms with van der Waals surface area (Å²) in [7, 11) is 0. The summed E-state index contributed by atoms with van der Waals surface area (Å²) in [6.07, 6.45) is 7.02. The van der Waals surface area contributed by atoms with E-state index in [1.165, 1.54) is 38.2 Å².